The standard InChI is InChI=1S/C10H7NO4.C8H6N4O5/c12-8-5-3-1-2-4-6(5)9(13)11-7(8)10(14)15;13-6-4-11(8(14)10-6)9-3-5-1-2-7(17-5)12(15)16/h1-4,7H,(H,11,13)(H,14,15);1-3H,4H2,(H,10,13,14)/b;9-3-. The van der Waals surface area contributed by atoms with Crippen LogP contribution >= 0.6 is 0 Å². The molecule has 1 fully saturated rings. The lowest BCUT2D eigenvalue weighted by molar-refractivity contribution is -0.402. The normalized spacial score (nSPS) is 17.4. The van der Waals surface area contributed by atoms with E-state index in [-0.39, 0.29) is 23.4 Å². The summed E-state index contributed by atoms with van der Waals surface area (Å²) < 4.78 is 4.78. The topological polar surface area (TPSA) is 202 Å². The van der Waals surface area contributed by atoms with Crippen molar-refractivity contribution in [2.45, 2.75) is 6.04 Å². The molecule has 32 heavy (non-hydrogen) atoms. The molecular weight excluding hydrogens is 430 g/mol. The minimum Gasteiger partial charge on any atom is -0.479 e. The summed E-state index contributed by atoms with van der Waals surface area (Å²) in [6.45, 7) is -0.182. The number of carboxylic acids is 1. The highest BCUT2D eigenvalue weighted by atomic mass is 16.6. The summed E-state index contributed by atoms with van der Waals surface area (Å²) in [4.78, 5) is 65.2. The van der Waals surface area contributed by atoms with Crippen molar-refractivity contribution >= 4 is 41.7 Å². The molecular formula is C18H13N5O9. The Morgan fingerprint density at radius 2 is 1.88 bits per heavy atom. The number of nitrogens with one attached hydrogen (secondary N) is 2. The van der Waals surface area contributed by atoms with Gasteiger partial charge in [0.1, 0.15) is 11.5 Å². The fourth-order valence-corrected chi connectivity index (χ4v) is 2.66. The van der Waals surface area contributed by atoms with E-state index in [4.69, 9.17) is 9.52 Å². The van der Waals surface area contributed by atoms with Gasteiger partial charge in [-0.05, 0) is 12.1 Å². The van der Waals surface area contributed by atoms with Crippen molar-refractivity contribution in [3.05, 3.63) is 63.4 Å². The highest BCUT2D eigenvalue weighted by Crippen LogP contribution is 2.16. The van der Waals surface area contributed by atoms with Crippen LogP contribution in [-0.2, 0) is 9.59 Å². The van der Waals surface area contributed by atoms with E-state index < -0.39 is 46.4 Å². The number of hydrazone groups is 1. The number of Topliss-reactive ketones (excluding diaryl/α,β-unsaturated/α-hetero) is 1. The second-order valence-electron chi connectivity index (χ2n) is 6.24. The number of nitro groups is 1. The molecule has 4 rings (SSSR count). The van der Waals surface area contributed by atoms with Crippen LogP contribution in [0.25, 0.3) is 0 Å². The first-order valence-electron chi connectivity index (χ1n) is 8.74. The Morgan fingerprint density at radius 3 is 2.44 bits per heavy atom. The monoisotopic (exact) mass is 443 g/mol. The van der Waals surface area contributed by atoms with Crippen LogP contribution in [0.15, 0.2) is 45.9 Å². The van der Waals surface area contributed by atoms with E-state index in [1.165, 1.54) is 18.2 Å². The van der Waals surface area contributed by atoms with Crippen LogP contribution in [0.2, 0.25) is 0 Å². The lowest BCUT2D eigenvalue weighted by atomic mass is 9.94. The van der Waals surface area contributed by atoms with Crippen LogP contribution in [0, 0.1) is 10.1 Å². The zero-order valence-corrected chi connectivity index (χ0v) is 15.9. The third kappa shape index (κ3) is 4.64. The number of rotatable bonds is 4. The van der Waals surface area contributed by atoms with E-state index in [0.29, 0.717) is 0 Å². The summed E-state index contributed by atoms with van der Waals surface area (Å²) in [5.74, 6) is -3.23. The zero-order chi connectivity index (χ0) is 23.4. The zero-order valence-electron chi connectivity index (χ0n) is 15.9. The maximum Gasteiger partial charge on any atom is 0.433 e. The van der Waals surface area contributed by atoms with E-state index in [9.17, 15) is 34.1 Å². The molecule has 2 aliphatic heterocycles. The molecule has 1 aromatic heterocycles. The van der Waals surface area contributed by atoms with Gasteiger partial charge in [0.25, 0.3) is 5.91 Å². The van der Waals surface area contributed by atoms with Crippen molar-refractivity contribution in [2.75, 3.05) is 6.54 Å². The Morgan fingerprint density at radius 1 is 1.19 bits per heavy atom. The largest absolute Gasteiger partial charge is 0.479 e. The van der Waals surface area contributed by atoms with Gasteiger partial charge in [0.15, 0.2) is 17.6 Å². The van der Waals surface area contributed by atoms with Crippen molar-refractivity contribution in [2.24, 2.45) is 5.10 Å². The Bertz CT molecular complexity index is 1170. The molecule has 0 spiro atoms. The van der Waals surface area contributed by atoms with E-state index >= 15 is 0 Å². The third-order valence-electron chi connectivity index (χ3n) is 4.11. The summed E-state index contributed by atoms with van der Waals surface area (Å²) in [5, 5.41) is 27.7. The number of furan rings is 1. The number of ketones is 1. The number of amides is 4. The van der Waals surface area contributed by atoms with Gasteiger partial charge in [-0.1, -0.05) is 18.2 Å². The number of carbonyl (C=O) groups excluding carboxylic acids is 4. The first-order chi connectivity index (χ1) is 15.2. The van der Waals surface area contributed by atoms with Gasteiger partial charge in [0, 0.05) is 5.56 Å². The van der Waals surface area contributed by atoms with Crippen LogP contribution < -0.4 is 10.6 Å². The number of carbonyl (C=O) groups is 5. The lowest BCUT2D eigenvalue weighted by Gasteiger charge is -2.20. The van der Waals surface area contributed by atoms with Gasteiger partial charge >= 0.3 is 17.9 Å². The number of imide groups is 1. The summed E-state index contributed by atoms with van der Waals surface area (Å²) in [6.07, 6.45) is 1.12. The first kappa shape index (κ1) is 21.8. The van der Waals surface area contributed by atoms with Crippen molar-refractivity contribution < 1.29 is 38.4 Å². The Labute approximate surface area is 177 Å². The molecule has 14 nitrogen and oxygen atoms in total. The fourth-order valence-electron chi connectivity index (χ4n) is 2.66. The summed E-state index contributed by atoms with van der Waals surface area (Å²) in [6, 6.07) is 6.53. The molecule has 14 heteroatoms. The molecule has 1 unspecified atom stereocenters. The minimum atomic E-state index is -1.47. The van der Waals surface area contributed by atoms with Crippen LogP contribution in [0.5, 0.6) is 0 Å². The molecule has 0 radical (unpaired) electrons. The van der Waals surface area contributed by atoms with Crippen LogP contribution in [0.4, 0.5) is 10.7 Å². The molecule has 0 bridgehead atoms. The van der Waals surface area contributed by atoms with Crippen molar-refractivity contribution in [1.29, 1.82) is 0 Å². The maximum absolute atomic E-state index is 11.6. The lowest BCUT2D eigenvalue weighted by Crippen LogP contribution is -2.50. The fraction of sp³-hybridized carbons (Fsp3) is 0.111. The van der Waals surface area contributed by atoms with Gasteiger partial charge in [-0.3, -0.25) is 29.8 Å². The number of hydrogen-bond donors (Lipinski definition) is 3. The SMILES string of the molecule is O=C1CN(/N=C\c2ccc([N+](=O)[O-])o2)C(=O)N1.O=C1NC(C(=O)O)C(=O)c2ccccc21. The van der Waals surface area contributed by atoms with Gasteiger partial charge in [0.2, 0.25) is 5.91 Å². The van der Waals surface area contributed by atoms with Crippen molar-refractivity contribution in [3.8, 4) is 0 Å². The molecule has 4 amide bonds. The average Bonchev–Trinajstić information content (AvgIpc) is 3.35. The number of carboxylic acid groups (broad SMARTS) is 1. The summed E-state index contributed by atoms with van der Waals surface area (Å²) >= 11 is 0. The van der Waals surface area contributed by atoms with Crippen molar-refractivity contribution in [3.63, 3.8) is 0 Å². The van der Waals surface area contributed by atoms with Crippen molar-refractivity contribution in [1.82, 2.24) is 15.6 Å². The number of nitrogens with zero attached hydrogens (tertiary/aromatic N) is 3. The van der Waals surface area contributed by atoms with E-state index in [1.54, 1.807) is 12.1 Å². The van der Waals surface area contributed by atoms with Gasteiger partial charge in [-0.2, -0.15) is 5.10 Å². The molecule has 1 aromatic carbocycles. The molecule has 1 saturated heterocycles. The molecule has 164 valence electrons. The number of benzene rings is 1. The van der Waals surface area contributed by atoms with Gasteiger partial charge in [0.05, 0.1) is 17.8 Å². The predicted molar refractivity (Wildman–Crippen MR) is 103 cm³/mol. The Kier molecular flexibility index (Phi) is 6.04. The second-order valence-corrected chi connectivity index (χ2v) is 6.24. The molecule has 3 heterocycles. The molecule has 1 atom stereocenters. The molecule has 2 aliphatic rings. The average molecular weight is 443 g/mol. The maximum atomic E-state index is 11.6. The first-order valence-corrected chi connectivity index (χ1v) is 8.74. The number of fused-ring (bicyclic) bond motifs is 1. The van der Waals surface area contributed by atoms with E-state index in [0.717, 1.165) is 17.3 Å². The van der Waals surface area contributed by atoms with E-state index in [1.807, 2.05) is 5.32 Å². The minimum absolute atomic E-state index is 0.115. The van der Waals surface area contributed by atoms with Gasteiger partial charge in [-0.15, -0.1) is 0 Å². The molecule has 2 aromatic rings. The summed E-state index contributed by atoms with van der Waals surface area (Å²) in [7, 11) is 0. The predicted octanol–water partition coefficient (Wildman–Crippen LogP) is 0.139. The van der Waals surface area contributed by atoms with E-state index in [2.05, 4.69) is 10.4 Å². The third-order valence-corrected chi connectivity index (χ3v) is 4.11. The van der Waals surface area contributed by atoms with Gasteiger partial charge in [-0.25, -0.2) is 14.6 Å². The number of urea groups is 1. The van der Waals surface area contributed by atoms with Crippen LogP contribution in [0.3, 0.4) is 0 Å². The highest BCUT2D eigenvalue weighted by Gasteiger charge is 2.36. The molecule has 0 aliphatic carbocycles. The highest BCUT2D eigenvalue weighted by molar-refractivity contribution is 6.21. The second kappa shape index (κ2) is 8.86. The Hall–Kier alpha value is -4.88. The quantitative estimate of drug-likeness (QED) is 0.193. The van der Waals surface area contributed by atoms with Gasteiger partial charge < -0.3 is 14.8 Å². The van der Waals surface area contributed by atoms with Crippen LogP contribution in [-0.4, -0.2) is 63.4 Å². The molecule has 0 saturated carbocycles. The number of hydrogen-bond acceptors (Lipinski definition) is 9. The smallest absolute Gasteiger partial charge is 0.433 e. The summed E-state index contributed by atoms with van der Waals surface area (Å²) in [5.41, 5.74) is 0.383. The molecule has 3 N–H and O–H groups in total. The Balaban J connectivity index is 0.000000182. The van der Waals surface area contributed by atoms with Crippen LogP contribution in [0.1, 0.15) is 26.5 Å². The number of aliphatic carboxylic acids is 1.